The van der Waals surface area contributed by atoms with E-state index in [0.29, 0.717) is 25.7 Å². The third-order valence-electron chi connectivity index (χ3n) is 7.48. The molecule has 4 N–H and O–H groups in total. The lowest BCUT2D eigenvalue weighted by atomic mass is 10.1. The molecule has 0 amide bonds. The minimum atomic E-state index is -0.666. The van der Waals surface area contributed by atoms with E-state index in [1.807, 2.05) is 0 Å². The zero-order valence-corrected chi connectivity index (χ0v) is 30.6. The van der Waals surface area contributed by atoms with E-state index in [4.69, 9.17) is 20.4 Å². The topological polar surface area (TPSA) is 149 Å². The van der Waals surface area contributed by atoms with Gasteiger partial charge in [-0.05, 0) is 25.7 Å². The first-order valence-corrected chi connectivity index (χ1v) is 19.0. The summed E-state index contributed by atoms with van der Waals surface area (Å²) in [6.07, 6.45) is 31.8. The van der Waals surface area contributed by atoms with Crippen molar-refractivity contribution in [3.63, 3.8) is 0 Å². The van der Waals surface area contributed by atoms with Gasteiger partial charge in [0.2, 0.25) is 0 Å². The molecule has 0 fully saturated rings. The fourth-order valence-corrected chi connectivity index (χ4v) is 4.58. The normalized spacial score (nSPS) is 10.0. The Balaban J connectivity index is -0.000000256. The first-order chi connectivity index (χ1) is 22.1. The van der Waals surface area contributed by atoms with Crippen LogP contribution in [0.2, 0.25) is 0 Å². The molecule has 0 saturated carbocycles. The van der Waals surface area contributed by atoms with Crippen LogP contribution in [0.3, 0.4) is 0 Å². The molecule has 0 aromatic heterocycles. The Bertz CT molecular complexity index is 582. The second-order valence-electron chi connectivity index (χ2n) is 12.4. The van der Waals surface area contributed by atoms with Crippen LogP contribution in [0.4, 0.5) is 0 Å². The van der Waals surface area contributed by atoms with Crippen molar-refractivity contribution in [1.82, 2.24) is 0 Å². The molecular formula is C38H76O8. The Hall–Kier alpha value is -2.12. The minimum Gasteiger partial charge on any atom is -0.481 e. The van der Waals surface area contributed by atoms with Crippen LogP contribution in [0, 0.1) is 0 Å². The van der Waals surface area contributed by atoms with E-state index < -0.39 is 23.9 Å². The fraction of sp³-hybridized carbons (Fsp3) is 0.895. The Labute approximate surface area is 283 Å². The van der Waals surface area contributed by atoms with Crippen molar-refractivity contribution < 1.29 is 39.6 Å². The number of hydrogen-bond acceptors (Lipinski definition) is 4. The van der Waals surface area contributed by atoms with Crippen LogP contribution in [0.15, 0.2) is 0 Å². The predicted octanol–water partition coefficient (Wildman–Crippen LogP) is 12.1. The van der Waals surface area contributed by atoms with Gasteiger partial charge in [0.25, 0.3) is 0 Å². The van der Waals surface area contributed by atoms with Gasteiger partial charge in [-0.3, -0.25) is 19.2 Å². The molecule has 0 unspecified atom stereocenters. The highest BCUT2D eigenvalue weighted by Crippen LogP contribution is 2.10. The smallest absolute Gasteiger partial charge is 0.303 e. The molecule has 0 radical (unpaired) electrons. The lowest BCUT2D eigenvalue weighted by Gasteiger charge is -1.98. The summed E-state index contributed by atoms with van der Waals surface area (Å²) in [6.45, 7) is 8.75. The zero-order chi connectivity index (χ0) is 35.5. The van der Waals surface area contributed by atoms with Gasteiger partial charge in [-0.1, -0.05) is 169 Å². The van der Waals surface area contributed by atoms with E-state index >= 15 is 0 Å². The van der Waals surface area contributed by atoms with Crippen LogP contribution in [0.1, 0.15) is 220 Å². The monoisotopic (exact) mass is 661 g/mol. The van der Waals surface area contributed by atoms with Gasteiger partial charge in [0.15, 0.2) is 0 Å². The molecule has 0 aromatic carbocycles. The number of carbonyl (C=O) groups is 4. The first-order valence-electron chi connectivity index (χ1n) is 19.0. The van der Waals surface area contributed by atoms with Crippen LogP contribution >= 0.6 is 0 Å². The molecule has 276 valence electrons. The molecule has 8 nitrogen and oxygen atoms in total. The van der Waals surface area contributed by atoms with Gasteiger partial charge in [0.1, 0.15) is 0 Å². The fourth-order valence-electron chi connectivity index (χ4n) is 4.58. The van der Waals surface area contributed by atoms with Crippen molar-refractivity contribution in [2.45, 2.75) is 220 Å². The van der Waals surface area contributed by atoms with E-state index in [2.05, 4.69) is 27.7 Å². The highest BCUT2D eigenvalue weighted by molar-refractivity contribution is 5.67. The highest BCUT2D eigenvalue weighted by Gasteiger charge is 1.98. The average molecular weight is 661 g/mol. The number of hydrogen-bond donors (Lipinski definition) is 4. The maximum absolute atomic E-state index is 10.1. The quantitative estimate of drug-likeness (QED) is 0.0556. The van der Waals surface area contributed by atoms with Crippen molar-refractivity contribution in [3.05, 3.63) is 0 Å². The minimum absolute atomic E-state index is 0.339. The molecule has 0 bridgehead atoms. The lowest BCUT2D eigenvalue weighted by Crippen LogP contribution is -1.93. The predicted molar refractivity (Wildman–Crippen MR) is 192 cm³/mol. The van der Waals surface area contributed by atoms with E-state index in [-0.39, 0.29) is 0 Å². The number of carboxylic acids is 4. The summed E-state index contributed by atoms with van der Waals surface area (Å²) >= 11 is 0. The van der Waals surface area contributed by atoms with Gasteiger partial charge < -0.3 is 20.4 Å². The van der Waals surface area contributed by atoms with Gasteiger partial charge >= 0.3 is 23.9 Å². The summed E-state index contributed by atoms with van der Waals surface area (Å²) < 4.78 is 0. The summed E-state index contributed by atoms with van der Waals surface area (Å²) in [7, 11) is 0. The first kappa shape index (κ1) is 50.7. The number of unbranched alkanes of at least 4 members (excludes halogenated alkanes) is 22. The van der Waals surface area contributed by atoms with Crippen molar-refractivity contribution >= 4 is 23.9 Å². The molecule has 0 spiro atoms. The second kappa shape index (κ2) is 47.3. The third-order valence-corrected chi connectivity index (χ3v) is 7.48. The summed E-state index contributed by atoms with van der Waals surface area (Å²) in [5.74, 6) is -2.66. The molecule has 0 aliphatic carbocycles. The molecule has 8 heteroatoms. The van der Waals surface area contributed by atoms with Crippen LogP contribution in [-0.2, 0) is 19.2 Å². The Morgan fingerprint density at radius 2 is 0.391 bits per heavy atom. The summed E-state index contributed by atoms with van der Waals surface area (Å²) in [5.41, 5.74) is 0. The van der Waals surface area contributed by atoms with Gasteiger partial charge in [0, 0.05) is 25.7 Å². The van der Waals surface area contributed by atoms with Crippen molar-refractivity contribution in [2.24, 2.45) is 0 Å². The zero-order valence-electron chi connectivity index (χ0n) is 30.6. The molecule has 0 aliphatic rings. The van der Waals surface area contributed by atoms with Gasteiger partial charge in [-0.25, -0.2) is 0 Å². The highest BCUT2D eigenvalue weighted by atomic mass is 16.4. The molecule has 0 aromatic rings. The largest absolute Gasteiger partial charge is 0.481 e. The third kappa shape index (κ3) is 68.9. The SMILES string of the molecule is CCCCCCCCC(=O)O.CCCCCCCCC(=O)O.CCCCCCCCCC(=O)O.CCCCCCCCCC(=O)O. The molecule has 0 atom stereocenters. The van der Waals surface area contributed by atoms with Crippen LogP contribution in [0.25, 0.3) is 0 Å². The number of aliphatic carboxylic acids is 4. The van der Waals surface area contributed by atoms with Crippen LogP contribution in [-0.4, -0.2) is 44.3 Å². The summed E-state index contributed by atoms with van der Waals surface area (Å²) in [6, 6.07) is 0. The van der Waals surface area contributed by atoms with Gasteiger partial charge in [-0.15, -0.1) is 0 Å². The Morgan fingerprint density at radius 1 is 0.261 bits per heavy atom. The Kier molecular flexibility index (Phi) is 52.2. The molecule has 46 heavy (non-hydrogen) atoms. The van der Waals surface area contributed by atoms with Crippen molar-refractivity contribution in [1.29, 1.82) is 0 Å². The summed E-state index contributed by atoms with van der Waals surface area (Å²) in [4.78, 5) is 40.4. The molecule has 0 rings (SSSR count). The summed E-state index contributed by atoms with van der Waals surface area (Å²) in [5, 5.41) is 33.3. The van der Waals surface area contributed by atoms with Gasteiger partial charge in [0.05, 0.1) is 0 Å². The van der Waals surface area contributed by atoms with Gasteiger partial charge in [-0.2, -0.15) is 0 Å². The Morgan fingerprint density at radius 3 is 0.522 bits per heavy atom. The van der Waals surface area contributed by atoms with Crippen LogP contribution < -0.4 is 0 Å². The number of carboxylic acid groups (broad SMARTS) is 4. The van der Waals surface area contributed by atoms with E-state index in [9.17, 15) is 19.2 Å². The maximum Gasteiger partial charge on any atom is 0.303 e. The van der Waals surface area contributed by atoms with Crippen molar-refractivity contribution in [2.75, 3.05) is 0 Å². The standard InChI is InChI=1S/2C10H20O2.2C9H18O2/c2*1-2-3-4-5-6-7-8-9-10(11)12;2*1-2-3-4-5-6-7-8-9(10)11/h2*2-9H2,1H3,(H,11,12);2*2-8H2,1H3,(H,10,11). The average Bonchev–Trinajstić information content (AvgIpc) is 3.00. The molecule has 0 aliphatic heterocycles. The van der Waals surface area contributed by atoms with E-state index in [1.54, 1.807) is 0 Å². The van der Waals surface area contributed by atoms with E-state index in [1.165, 1.54) is 116 Å². The number of rotatable bonds is 30. The van der Waals surface area contributed by atoms with E-state index in [0.717, 1.165) is 51.4 Å². The second-order valence-corrected chi connectivity index (χ2v) is 12.4. The molecule has 0 saturated heterocycles. The van der Waals surface area contributed by atoms with Crippen molar-refractivity contribution in [3.8, 4) is 0 Å². The maximum atomic E-state index is 10.1. The van der Waals surface area contributed by atoms with Crippen LogP contribution in [0.5, 0.6) is 0 Å². The molecular weight excluding hydrogens is 584 g/mol. The molecule has 0 heterocycles. The lowest BCUT2D eigenvalue weighted by molar-refractivity contribution is -0.138.